The summed E-state index contributed by atoms with van der Waals surface area (Å²) in [6.45, 7) is 5.55. The molecule has 0 aromatic heterocycles. The van der Waals surface area contributed by atoms with E-state index in [1.165, 1.54) is 0 Å². The number of rotatable bonds is 7. The monoisotopic (exact) mass is 427 g/mol. The van der Waals surface area contributed by atoms with E-state index in [1.807, 2.05) is 26.0 Å². The zero-order valence-electron chi connectivity index (χ0n) is 16.8. The molecule has 2 amide bonds. The van der Waals surface area contributed by atoms with Gasteiger partial charge in [0.15, 0.2) is 18.1 Å². The molecule has 8 heteroatoms. The first-order chi connectivity index (χ1) is 14.3. The third kappa shape index (κ3) is 4.65. The molecule has 7 nitrogen and oxygen atoms in total. The van der Waals surface area contributed by atoms with Gasteiger partial charge in [-0.3, -0.25) is 9.59 Å². The van der Waals surface area contributed by atoms with Gasteiger partial charge in [0.05, 0.1) is 17.2 Å². The molecule has 3 rings (SSSR count). The minimum Gasteiger partial charge on any atom is -0.490 e. The van der Waals surface area contributed by atoms with Crippen molar-refractivity contribution < 1.29 is 29.0 Å². The number of carboxylic acids is 1. The van der Waals surface area contributed by atoms with Gasteiger partial charge in [-0.05, 0) is 79.6 Å². The van der Waals surface area contributed by atoms with Crippen LogP contribution < -0.4 is 14.4 Å². The van der Waals surface area contributed by atoms with E-state index < -0.39 is 18.5 Å². The highest BCUT2D eigenvalue weighted by Crippen LogP contribution is 2.37. The van der Waals surface area contributed by atoms with E-state index in [9.17, 15) is 14.4 Å². The van der Waals surface area contributed by atoms with Gasteiger partial charge >= 0.3 is 5.97 Å². The lowest BCUT2D eigenvalue weighted by molar-refractivity contribution is -0.139. The van der Waals surface area contributed by atoms with E-state index >= 15 is 0 Å². The minimum absolute atomic E-state index is 0.291. The predicted octanol–water partition coefficient (Wildman–Crippen LogP) is 4.41. The van der Waals surface area contributed by atoms with Gasteiger partial charge < -0.3 is 14.6 Å². The Bertz CT molecular complexity index is 1050. The second-order valence-electron chi connectivity index (χ2n) is 6.61. The Morgan fingerprint density at radius 2 is 1.83 bits per heavy atom. The Kier molecular flexibility index (Phi) is 6.47. The smallest absolute Gasteiger partial charge is 0.341 e. The lowest BCUT2D eigenvalue weighted by Gasteiger charge is -2.14. The van der Waals surface area contributed by atoms with Gasteiger partial charge in [0, 0.05) is 0 Å². The lowest BCUT2D eigenvalue weighted by atomic mass is 10.1. The third-order valence-electron chi connectivity index (χ3n) is 4.46. The highest BCUT2D eigenvalue weighted by Gasteiger charge is 2.36. The number of carbonyl (C=O) groups is 3. The van der Waals surface area contributed by atoms with Crippen molar-refractivity contribution in [2.45, 2.75) is 20.8 Å². The van der Waals surface area contributed by atoms with E-state index in [2.05, 4.69) is 0 Å². The second kappa shape index (κ2) is 9.04. The van der Waals surface area contributed by atoms with Crippen LogP contribution >= 0.6 is 11.8 Å². The van der Waals surface area contributed by atoms with Crippen LogP contribution in [-0.4, -0.2) is 35.4 Å². The standard InChI is InChI=1S/C22H21NO6S/c1-4-28-18-10-15(6-8-17(18)29-12-20(24)25)11-19-21(26)23(22(27)30-19)16-7-5-13(2)14(3)9-16/h5-11H,4,12H2,1-3H3,(H,24,25)/b19-11+. The molecule has 0 aliphatic carbocycles. The summed E-state index contributed by atoms with van der Waals surface area (Å²) in [6.07, 6.45) is 1.61. The van der Waals surface area contributed by atoms with Crippen molar-refractivity contribution in [1.29, 1.82) is 0 Å². The number of thioether (sulfide) groups is 1. The number of hydrogen-bond donors (Lipinski definition) is 1. The molecular formula is C22H21NO6S. The van der Waals surface area contributed by atoms with Crippen LogP contribution in [-0.2, 0) is 9.59 Å². The van der Waals surface area contributed by atoms with Crippen molar-refractivity contribution in [3.63, 3.8) is 0 Å². The molecule has 1 N–H and O–H groups in total. The van der Waals surface area contributed by atoms with Crippen molar-refractivity contribution in [2.75, 3.05) is 18.1 Å². The normalized spacial score (nSPS) is 15.0. The summed E-state index contributed by atoms with van der Waals surface area (Å²) in [6, 6.07) is 10.3. The van der Waals surface area contributed by atoms with Crippen molar-refractivity contribution >= 4 is 40.6 Å². The number of aryl methyl sites for hydroxylation is 2. The van der Waals surface area contributed by atoms with E-state index in [0.717, 1.165) is 27.8 Å². The number of carbonyl (C=O) groups excluding carboxylic acids is 2. The highest BCUT2D eigenvalue weighted by atomic mass is 32.2. The quantitative estimate of drug-likeness (QED) is 0.654. The number of anilines is 1. The summed E-state index contributed by atoms with van der Waals surface area (Å²) in [4.78, 5) is 37.5. The Hall–Kier alpha value is -3.26. The molecule has 1 aliphatic rings. The van der Waals surface area contributed by atoms with Crippen LogP contribution in [0.15, 0.2) is 41.3 Å². The number of imide groups is 1. The van der Waals surface area contributed by atoms with Gasteiger partial charge in [-0.1, -0.05) is 12.1 Å². The fourth-order valence-electron chi connectivity index (χ4n) is 2.85. The maximum Gasteiger partial charge on any atom is 0.341 e. The number of nitrogens with zero attached hydrogens (tertiary/aromatic N) is 1. The average Bonchev–Trinajstić information content (AvgIpc) is 2.97. The van der Waals surface area contributed by atoms with Crippen LogP contribution in [0.3, 0.4) is 0 Å². The van der Waals surface area contributed by atoms with Gasteiger partial charge in [0.1, 0.15) is 0 Å². The fourth-order valence-corrected chi connectivity index (χ4v) is 3.69. The molecule has 0 bridgehead atoms. The molecule has 1 fully saturated rings. The molecule has 1 aliphatic heterocycles. The van der Waals surface area contributed by atoms with Crippen LogP contribution in [0.5, 0.6) is 11.5 Å². The predicted molar refractivity (Wildman–Crippen MR) is 115 cm³/mol. The van der Waals surface area contributed by atoms with Crippen LogP contribution in [0.1, 0.15) is 23.6 Å². The molecule has 0 spiro atoms. The molecule has 0 unspecified atom stereocenters. The molecule has 0 saturated carbocycles. The van der Waals surface area contributed by atoms with E-state index in [0.29, 0.717) is 34.3 Å². The molecule has 30 heavy (non-hydrogen) atoms. The molecular weight excluding hydrogens is 406 g/mol. The molecule has 0 radical (unpaired) electrons. The van der Waals surface area contributed by atoms with E-state index in [-0.39, 0.29) is 5.24 Å². The maximum absolute atomic E-state index is 12.9. The number of aliphatic carboxylic acids is 1. The topological polar surface area (TPSA) is 93.1 Å². The third-order valence-corrected chi connectivity index (χ3v) is 5.33. The largest absolute Gasteiger partial charge is 0.490 e. The molecule has 2 aromatic rings. The van der Waals surface area contributed by atoms with Gasteiger partial charge in [-0.15, -0.1) is 0 Å². The van der Waals surface area contributed by atoms with E-state index in [1.54, 1.807) is 37.3 Å². The van der Waals surface area contributed by atoms with Gasteiger partial charge in [0.25, 0.3) is 11.1 Å². The van der Waals surface area contributed by atoms with Crippen molar-refractivity contribution in [3.05, 3.63) is 58.0 Å². The van der Waals surface area contributed by atoms with Crippen LogP contribution in [0.25, 0.3) is 6.08 Å². The van der Waals surface area contributed by atoms with Crippen molar-refractivity contribution in [1.82, 2.24) is 0 Å². The zero-order chi connectivity index (χ0) is 21.8. The lowest BCUT2D eigenvalue weighted by Crippen LogP contribution is -2.27. The molecule has 1 saturated heterocycles. The Morgan fingerprint density at radius 3 is 2.50 bits per heavy atom. The second-order valence-corrected chi connectivity index (χ2v) is 7.60. The first-order valence-electron chi connectivity index (χ1n) is 9.26. The van der Waals surface area contributed by atoms with Gasteiger partial charge in [-0.25, -0.2) is 9.69 Å². The number of ether oxygens (including phenoxy) is 2. The highest BCUT2D eigenvalue weighted by molar-refractivity contribution is 8.19. The zero-order valence-corrected chi connectivity index (χ0v) is 17.6. The number of carboxylic acid groups (broad SMARTS) is 1. The van der Waals surface area contributed by atoms with Crippen LogP contribution in [0, 0.1) is 13.8 Å². The minimum atomic E-state index is -1.10. The summed E-state index contributed by atoms with van der Waals surface area (Å²) in [7, 11) is 0. The summed E-state index contributed by atoms with van der Waals surface area (Å²) >= 11 is 0.868. The number of hydrogen-bond acceptors (Lipinski definition) is 6. The number of benzene rings is 2. The van der Waals surface area contributed by atoms with Gasteiger partial charge in [-0.2, -0.15) is 0 Å². The average molecular weight is 427 g/mol. The fraction of sp³-hybridized carbons (Fsp3) is 0.227. The summed E-state index contributed by atoms with van der Waals surface area (Å²) in [5.74, 6) is -0.834. The van der Waals surface area contributed by atoms with Gasteiger partial charge in [0.2, 0.25) is 0 Å². The van der Waals surface area contributed by atoms with Crippen molar-refractivity contribution in [3.8, 4) is 11.5 Å². The van der Waals surface area contributed by atoms with E-state index in [4.69, 9.17) is 14.6 Å². The SMILES string of the molecule is CCOc1cc(/C=C2/SC(=O)N(c3ccc(C)c(C)c3)C2=O)ccc1OCC(=O)O. The van der Waals surface area contributed by atoms with Crippen LogP contribution in [0.4, 0.5) is 10.5 Å². The first-order valence-corrected chi connectivity index (χ1v) is 10.1. The van der Waals surface area contributed by atoms with Crippen LogP contribution in [0.2, 0.25) is 0 Å². The molecule has 156 valence electrons. The summed E-state index contributed by atoms with van der Waals surface area (Å²) in [5.41, 5.74) is 3.24. The number of amides is 2. The maximum atomic E-state index is 12.9. The molecule has 0 atom stereocenters. The molecule has 1 heterocycles. The Balaban J connectivity index is 1.88. The Morgan fingerprint density at radius 1 is 1.07 bits per heavy atom. The van der Waals surface area contributed by atoms with Crippen molar-refractivity contribution in [2.24, 2.45) is 0 Å². The summed E-state index contributed by atoms with van der Waals surface area (Å²) < 4.78 is 10.8. The first kappa shape index (κ1) is 21.4. The molecule has 2 aromatic carbocycles. The Labute approximate surface area is 178 Å². The summed E-state index contributed by atoms with van der Waals surface area (Å²) in [5, 5.41) is 8.43.